The molecule has 1 aliphatic carbocycles. The number of nitrogens with zero attached hydrogens (tertiary/aromatic N) is 2. The summed E-state index contributed by atoms with van der Waals surface area (Å²) in [4.78, 5) is 12.2. The van der Waals surface area contributed by atoms with E-state index >= 15 is 0 Å². The third-order valence-corrected chi connectivity index (χ3v) is 3.94. The van der Waals surface area contributed by atoms with E-state index in [0.717, 1.165) is 35.2 Å². The van der Waals surface area contributed by atoms with Crippen LogP contribution in [-0.4, -0.2) is 15.7 Å². The van der Waals surface area contributed by atoms with Gasteiger partial charge in [-0.3, -0.25) is 9.48 Å². The molecule has 0 spiro atoms. The predicted molar refractivity (Wildman–Crippen MR) is 77.3 cm³/mol. The molecule has 1 amide bonds. The Kier molecular flexibility index (Phi) is 3.14. The van der Waals surface area contributed by atoms with Gasteiger partial charge in [-0.15, -0.1) is 0 Å². The Morgan fingerprint density at radius 2 is 2.05 bits per heavy atom. The maximum atomic E-state index is 12.2. The molecule has 0 unspecified atom stereocenters. The highest BCUT2D eigenvalue weighted by molar-refractivity contribution is 9.10. The molecular formula is C14H14BrN3O. The molecule has 0 aliphatic heterocycles. The van der Waals surface area contributed by atoms with E-state index < -0.39 is 0 Å². The van der Waals surface area contributed by atoms with Crippen molar-refractivity contribution in [2.75, 3.05) is 5.32 Å². The van der Waals surface area contributed by atoms with Gasteiger partial charge in [0.05, 0.1) is 5.69 Å². The van der Waals surface area contributed by atoms with Crippen LogP contribution in [0.1, 0.15) is 28.0 Å². The van der Waals surface area contributed by atoms with Crippen LogP contribution in [0.5, 0.6) is 0 Å². The second kappa shape index (κ2) is 4.81. The van der Waals surface area contributed by atoms with Crippen molar-refractivity contribution in [3.05, 3.63) is 45.6 Å². The monoisotopic (exact) mass is 319 g/mol. The summed E-state index contributed by atoms with van der Waals surface area (Å²) in [5.74, 6) is 0.741. The van der Waals surface area contributed by atoms with Gasteiger partial charge in [0.2, 0.25) is 0 Å². The number of aromatic nitrogens is 2. The summed E-state index contributed by atoms with van der Waals surface area (Å²) in [6, 6.07) is 7.33. The van der Waals surface area contributed by atoms with Crippen LogP contribution >= 0.6 is 15.9 Å². The van der Waals surface area contributed by atoms with E-state index in [0.29, 0.717) is 5.56 Å². The van der Waals surface area contributed by atoms with Gasteiger partial charge in [-0.2, -0.15) is 5.10 Å². The third kappa shape index (κ3) is 2.30. The van der Waals surface area contributed by atoms with Crippen molar-refractivity contribution >= 4 is 27.7 Å². The van der Waals surface area contributed by atoms with Crippen LogP contribution in [0.4, 0.5) is 5.82 Å². The van der Waals surface area contributed by atoms with E-state index in [9.17, 15) is 4.79 Å². The maximum Gasteiger partial charge on any atom is 0.256 e. The van der Waals surface area contributed by atoms with Crippen LogP contribution in [0.3, 0.4) is 0 Å². The van der Waals surface area contributed by atoms with Crippen LogP contribution in [0.2, 0.25) is 0 Å². The summed E-state index contributed by atoms with van der Waals surface area (Å²) in [5, 5.41) is 7.42. The summed E-state index contributed by atoms with van der Waals surface area (Å²) < 4.78 is 2.73. The van der Waals surface area contributed by atoms with E-state index in [1.54, 1.807) is 16.8 Å². The van der Waals surface area contributed by atoms with Crippen LogP contribution in [0.25, 0.3) is 0 Å². The molecule has 5 heteroatoms. The SMILES string of the molecule is Cn1nc2c(c1NC(=O)c1ccc(Br)cc1)CCC2. The molecule has 0 fully saturated rings. The first kappa shape index (κ1) is 12.4. The van der Waals surface area contributed by atoms with Crippen molar-refractivity contribution in [2.45, 2.75) is 19.3 Å². The van der Waals surface area contributed by atoms with Crippen LogP contribution in [-0.2, 0) is 19.9 Å². The van der Waals surface area contributed by atoms with Crippen molar-refractivity contribution in [1.82, 2.24) is 9.78 Å². The topological polar surface area (TPSA) is 46.9 Å². The van der Waals surface area contributed by atoms with E-state index in [1.807, 2.05) is 19.2 Å². The Bertz CT molecular complexity index is 631. The maximum absolute atomic E-state index is 12.2. The molecule has 0 saturated carbocycles. The number of carbonyl (C=O) groups is 1. The smallest absolute Gasteiger partial charge is 0.256 e. The molecule has 0 atom stereocenters. The van der Waals surface area contributed by atoms with Crippen LogP contribution in [0.15, 0.2) is 28.7 Å². The number of aryl methyl sites for hydroxylation is 2. The number of amides is 1. The van der Waals surface area contributed by atoms with Crippen LogP contribution in [0, 0.1) is 0 Å². The van der Waals surface area contributed by atoms with Gasteiger partial charge in [0.25, 0.3) is 5.91 Å². The minimum Gasteiger partial charge on any atom is -0.307 e. The first-order valence-electron chi connectivity index (χ1n) is 6.27. The van der Waals surface area contributed by atoms with Gasteiger partial charge in [0, 0.05) is 22.6 Å². The van der Waals surface area contributed by atoms with Crippen molar-refractivity contribution in [2.24, 2.45) is 7.05 Å². The van der Waals surface area contributed by atoms with Crippen LogP contribution < -0.4 is 5.32 Å². The number of hydrogen-bond donors (Lipinski definition) is 1. The van der Waals surface area contributed by atoms with Crippen molar-refractivity contribution in [1.29, 1.82) is 0 Å². The zero-order valence-electron chi connectivity index (χ0n) is 10.6. The Hall–Kier alpha value is -1.62. The van der Waals surface area contributed by atoms with Gasteiger partial charge < -0.3 is 5.32 Å². The zero-order chi connectivity index (χ0) is 13.4. The Labute approximate surface area is 119 Å². The van der Waals surface area contributed by atoms with E-state index in [2.05, 4.69) is 26.3 Å². The quantitative estimate of drug-likeness (QED) is 0.925. The molecule has 4 nitrogen and oxygen atoms in total. The second-order valence-electron chi connectivity index (χ2n) is 4.71. The Balaban J connectivity index is 1.85. The lowest BCUT2D eigenvalue weighted by Crippen LogP contribution is -2.15. The first-order valence-corrected chi connectivity index (χ1v) is 7.06. The van der Waals surface area contributed by atoms with E-state index in [1.165, 1.54) is 5.56 Å². The molecule has 0 saturated heterocycles. The molecule has 1 aliphatic rings. The standard InChI is InChI=1S/C14H14BrN3O/c1-18-13(11-3-2-4-12(11)17-18)16-14(19)9-5-7-10(15)8-6-9/h5-8H,2-4H2,1H3,(H,16,19). The van der Waals surface area contributed by atoms with Crippen molar-refractivity contribution < 1.29 is 4.79 Å². The van der Waals surface area contributed by atoms with Crippen molar-refractivity contribution in [3.8, 4) is 0 Å². The minimum absolute atomic E-state index is 0.0924. The van der Waals surface area contributed by atoms with Gasteiger partial charge in [0.1, 0.15) is 5.82 Å². The van der Waals surface area contributed by atoms with Gasteiger partial charge in [-0.1, -0.05) is 15.9 Å². The Morgan fingerprint density at radius 1 is 1.32 bits per heavy atom. The molecule has 2 aromatic rings. The molecule has 1 aromatic carbocycles. The summed E-state index contributed by atoms with van der Waals surface area (Å²) in [5.41, 5.74) is 2.96. The number of anilines is 1. The third-order valence-electron chi connectivity index (χ3n) is 3.41. The molecule has 19 heavy (non-hydrogen) atoms. The molecular weight excluding hydrogens is 306 g/mol. The highest BCUT2D eigenvalue weighted by atomic mass is 79.9. The fraction of sp³-hybridized carbons (Fsp3) is 0.286. The van der Waals surface area contributed by atoms with E-state index in [4.69, 9.17) is 0 Å². The van der Waals surface area contributed by atoms with E-state index in [-0.39, 0.29) is 5.91 Å². The fourth-order valence-corrected chi connectivity index (χ4v) is 2.72. The molecule has 1 heterocycles. The van der Waals surface area contributed by atoms with Gasteiger partial charge in [-0.25, -0.2) is 0 Å². The number of hydrogen-bond acceptors (Lipinski definition) is 2. The summed E-state index contributed by atoms with van der Waals surface area (Å²) in [6.07, 6.45) is 3.14. The number of benzene rings is 1. The number of rotatable bonds is 2. The summed E-state index contributed by atoms with van der Waals surface area (Å²) in [6.45, 7) is 0. The van der Waals surface area contributed by atoms with Gasteiger partial charge in [-0.05, 0) is 43.5 Å². The number of nitrogens with one attached hydrogen (secondary N) is 1. The molecule has 0 radical (unpaired) electrons. The average molecular weight is 320 g/mol. The number of fused-ring (bicyclic) bond motifs is 1. The molecule has 98 valence electrons. The lowest BCUT2D eigenvalue weighted by molar-refractivity contribution is 0.102. The largest absolute Gasteiger partial charge is 0.307 e. The molecule has 0 bridgehead atoms. The second-order valence-corrected chi connectivity index (χ2v) is 5.63. The first-order chi connectivity index (χ1) is 9.15. The lowest BCUT2D eigenvalue weighted by Gasteiger charge is -2.07. The number of carbonyl (C=O) groups excluding carboxylic acids is 1. The lowest BCUT2D eigenvalue weighted by atomic mass is 10.2. The fourth-order valence-electron chi connectivity index (χ4n) is 2.46. The molecule has 1 N–H and O–H groups in total. The highest BCUT2D eigenvalue weighted by Gasteiger charge is 2.22. The average Bonchev–Trinajstić information content (AvgIpc) is 2.94. The minimum atomic E-state index is -0.0924. The summed E-state index contributed by atoms with van der Waals surface area (Å²) >= 11 is 3.36. The highest BCUT2D eigenvalue weighted by Crippen LogP contribution is 2.28. The molecule has 3 rings (SSSR count). The zero-order valence-corrected chi connectivity index (χ0v) is 12.2. The summed E-state index contributed by atoms with van der Waals surface area (Å²) in [7, 11) is 1.87. The normalized spacial score (nSPS) is 13.4. The van der Waals surface area contributed by atoms with Crippen molar-refractivity contribution in [3.63, 3.8) is 0 Å². The number of halogens is 1. The molecule has 1 aromatic heterocycles. The van der Waals surface area contributed by atoms with Gasteiger partial charge in [0.15, 0.2) is 0 Å². The van der Waals surface area contributed by atoms with Gasteiger partial charge >= 0.3 is 0 Å². The Morgan fingerprint density at radius 3 is 2.79 bits per heavy atom. The predicted octanol–water partition coefficient (Wildman–Crippen LogP) is 2.92.